The number of hydrogen-bond donors (Lipinski definition) is 2. The maximum Gasteiger partial charge on any atom is 0.163 e. The molecule has 6 rings (SSSR count). The van der Waals surface area contributed by atoms with E-state index in [2.05, 4.69) is 14.5 Å². The Hall–Kier alpha value is -1.90. The van der Waals surface area contributed by atoms with Crippen molar-refractivity contribution in [2.75, 3.05) is 5.73 Å². The molecule has 2 aromatic heterocycles. The molecule has 32 heavy (non-hydrogen) atoms. The van der Waals surface area contributed by atoms with Crippen molar-refractivity contribution in [1.29, 1.82) is 0 Å². The van der Waals surface area contributed by atoms with Crippen molar-refractivity contribution < 1.29 is 14.6 Å². The van der Waals surface area contributed by atoms with Crippen molar-refractivity contribution in [2.24, 2.45) is 11.3 Å². The average molecular weight is 475 g/mol. The lowest BCUT2D eigenvalue weighted by molar-refractivity contribution is -0.213. The summed E-state index contributed by atoms with van der Waals surface area (Å²) in [7, 11) is 0. The highest BCUT2D eigenvalue weighted by Crippen LogP contribution is 2.70. The fourth-order valence-electron chi connectivity index (χ4n) is 6.24. The largest absolute Gasteiger partial charge is 0.388 e. The fourth-order valence-corrected chi connectivity index (χ4v) is 6.55. The lowest BCUT2D eigenvalue weighted by Crippen LogP contribution is -2.51. The van der Waals surface area contributed by atoms with Gasteiger partial charge in [-0.05, 0) is 56.4 Å². The molecule has 1 aromatic carbocycles. The summed E-state index contributed by atoms with van der Waals surface area (Å²) in [5.41, 5.74) is 7.08. The van der Waals surface area contributed by atoms with E-state index in [4.69, 9.17) is 38.4 Å². The van der Waals surface area contributed by atoms with Crippen LogP contribution in [0.5, 0.6) is 0 Å². The van der Waals surface area contributed by atoms with Crippen LogP contribution in [0.4, 0.5) is 5.82 Å². The highest BCUT2D eigenvalue weighted by atomic mass is 35.5. The number of hydrogen-bond acceptors (Lipinski definition) is 6. The number of aromatic nitrogens is 3. The third-order valence-corrected chi connectivity index (χ3v) is 8.36. The molecular weight excluding hydrogens is 451 g/mol. The van der Waals surface area contributed by atoms with Crippen molar-refractivity contribution in [3.8, 4) is 0 Å². The second-order valence-corrected chi connectivity index (χ2v) is 10.4. The van der Waals surface area contributed by atoms with Gasteiger partial charge >= 0.3 is 0 Å². The summed E-state index contributed by atoms with van der Waals surface area (Å²) in [4.78, 5) is 8.62. The van der Waals surface area contributed by atoms with E-state index in [0.717, 1.165) is 29.4 Å². The van der Waals surface area contributed by atoms with Crippen LogP contribution in [0.3, 0.4) is 0 Å². The molecule has 2 aliphatic carbocycles. The summed E-state index contributed by atoms with van der Waals surface area (Å²) in [6, 6.07) is 7.20. The number of anilines is 1. The summed E-state index contributed by atoms with van der Waals surface area (Å²) in [6.07, 6.45) is 3.97. The maximum atomic E-state index is 11.7. The third kappa shape index (κ3) is 2.66. The molecule has 168 valence electrons. The first-order valence-electron chi connectivity index (χ1n) is 10.8. The minimum atomic E-state index is -0.771. The van der Waals surface area contributed by atoms with Gasteiger partial charge < -0.3 is 24.9 Å². The van der Waals surface area contributed by atoms with E-state index < -0.39 is 17.3 Å². The highest BCUT2D eigenvalue weighted by Gasteiger charge is 2.73. The first-order chi connectivity index (χ1) is 15.2. The first kappa shape index (κ1) is 20.7. The Kier molecular flexibility index (Phi) is 4.40. The average Bonchev–Trinajstić information content (AvgIpc) is 3.33. The summed E-state index contributed by atoms with van der Waals surface area (Å²) in [5, 5.41) is 13.4. The van der Waals surface area contributed by atoms with Crippen molar-refractivity contribution >= 4 is 40.1 Å². The molecule has 9 heteroatoms. The van der Waals surface area contributed by atoms with Crippen LogP contribution < -0.4 is 5.73 Å². The van der Waals surface area contributed by atoms with E-state index in [-0.39, 0.29) is 24.2 Å². The van der Waals surface area contributed by atoms with Gasteiger partial charge in [0.1, 0.15) is 23.9 Å². The number of nitrogens with two attached hydrogens (primary N) is 1. The number of nitrogen functional groups attached to an aromatic ring is 1. The summed E-state index contributed by atoms with van der Waals surface area (Å²) in [6.45, 7) is 3.84. The van der Waals surface area contributed by atoms with Crippen LogP contribution in [0.25, 0.3) is 11.0 Å². The molecule has 3 aliphatic rings. The lowest BCUT2D eigenvalue weighted by atomic mass is 9.56. The van der Waals surface area contributed by atoms with E-state index in [1.807, 2.05) is 32.2 Å². The fraction of sp³-hybridized carbons (Fsp3) is 0.478. The van der Waals surface area contributed by atoms with Crippen molar-refractivity contribution in [1.82, 2.24) is 14.5 Å². The molecule has 3 N–H and O–H groups in total. The number of fused-ring (bicyclic) bond motifs is 4. The second kappa shape index (κ2) is 6.81. The normalized spacial score (nSPS) is 33.7. The van der Waals surface area contributed by atoms with Crippen LogP contribution in [0.2, 0.25) is 10.0 Å². The molecule has 6 atom stereocenters. The highest BCUT2D eigenvalue weighted by molar-refractivity contribution is 6.42. The maximum absolute atomic E-state index is 11.7. The van der Waals surface area contributed by atoms with Crippen LogP contribution >= 0.6 is 23.2 Å². The van der Waals surface area contributed by atoms with Crippen molar-refractivity contribution in [3.05, 3.63) is 52.4 Å². The number of aliphatic hydroxyl groups is 1. The van der Waals surface area contributed by atoms with Gasteiger partial charge in [-0.15, -0.1) is 0 Å². The van der Waals surface area contributed by atoms with Crippen LogP contribution in [-0.2, 0) is 9.47 Å². The number of rotatable bonds is 3. The Balaban J connectivity index is 1.48. The molecule has 2 saturated carbocycles. The van der Waals surface area contributed by atoms with Crippen molar-refractivity contribution in [2.45, 2.75) is 56.8 Å². The first-order valence-corrected chi connectivity index (χ1v) is 11.5. The lowest BCUT2D eigenvalue weighted by Gasteiger charge is -2.52. The molecule has 0 radical (unpaired) electrons. The van der Waals surface area contributed by atoms with Crippen LogP contribution in [-0.4, -0.2) is 37.6 Å². The molecule has 0 spiro atoms. The van der Waals surface area contributed by atoms with Gasteiger partial charge in [0.05, 0.1) is 33.7 Å². The summed E-state index contributed by atoms with van der Waals surface area (Å²) in [5.74, 6) is -0.178. The molecule has 1 aliphatic heterocycles. The van der Waals surface area contributed by atoms with Gasteiger partial charge in [0, 0.05) is 11.6 Å². The third-order valence-electron chi connectivity index (χ3n) is 7.62. The van der Waals surface area contributed by atoms with Crippen LogP contribution in [0.1, 0.15) is 44.4 Å². The minimum absolute atomic E-state index is 0.0558. The predicted molar refractivity (Wildman–Crippen MR) is 121 cm³/mol. The quantitative estimate of drug-likeness (QED) is 0.578. The van der Waals surface area contributed by atoms with E-state index in [1.54, 1.807) is 12.1 Å². The van der Waals surface area contributed by atoms with Gasteiger partial charge in [-0.25, -0.2) is 9.97 Å². The van der Waals surface area contributed by atoms with E-state index >= 15 is 0 Å². The van der Waals surface area contributed by atoms with Gasteiger partial charge in [0.15, 0.2) is 5.79 Å². The number of ether oxygens (including phenoxy) is 2. The molecule has 0 bridgehead atoms. The van der Waals surface area contributed by atoms with E-state index in [1.165, 1.54) is 6.33 Å². The Bertz CT molecular complexity index is 1230. The van der Waals surface area contributed by atoms with Gasteiger partial charge in [-0.3, -0.25) is 0 Å². The predicted octanol–water partition coefficient (Wildman–Crippen LogP) is 4.53. The number of aliphatic hydroxyl groups excluding tert-OH is 1. The Morgan fingerprint density at radius 1 is 1.19 bits per heavy atom. The Morgan fingerprint density at radius 3 is 2.72 bits per heavy atom. The molecule has 7 nitrogen and oxygen atoms in total. The molecule has 0 amide bonds. The second-order valence-electron chi connectivity index (χ2n) is 9.56. The molecule has 1 saturated heterocycles. The Morgan fingerprint density at radius 2 is 2.00 bits per heavy atom. The Labute approximate surface area is 195 Å². The summed E-state index contributed by atoms with van der Waals surface area (Å²) < 4.78 is 15.0. The monoisotopic (exact) mass is 474 g/mol. The minimum Gasteiger partial charge on any atom is -0.388 e. The van der Waals surface area contributed by atoms with Crippen LogP contribution in [0.15, 0.2) is 36.8 Å². The van der Waals surface area contributed by atoms with Gasteiger partial charge in [-0.2, -0.15) is 0 Å². The smallest absolute Gasteiger partial charge is 0.163 e. The molecule has 3 heterocycles. The van der Waals surface area contributed by atoms with E-state index in [9.17, 15) is 5.11 Å². The zero-order chi connectivity index (χ0) is 22.4. The zero-order valence-electron chi connectivity index (χ0n) is 17.7. The number of nitrogens with zero attached hydrogens (tertiary/aromatic N) is 3. The number of benzene rings is 1. The van der Waals surface area contributed by atoms with E-state index in [0.29, 0.717) is 15.9 Å². The van der Waals surface area contributed by atoms with Crippen LogP contribution in [0, 0.1) is 11.3 Å². The topological polar surface area (TPSA) is 95.4 Å². The SMILES string of the molecule is CC1(C)O[C@H]2[C@H](n3ccc4c(N)ncnc43)[C@H]3CC[C@@]3(C(O)c3ccc(Cl)c(Cl)c3)[C@H]2O1. The molecule has 3 aromatic rings. The molecular formula is C23H24Cl2N4O3. The van der Waals surface area contributed by atoms with Gasteiger partial charge in [-0.1, -0.05) is 29.3 Å². The molecule has 1 unspecified atom stereocenters. The molecule has 3 fully saturated rings. The number of halogens is 2. The zero-order valence-corrected chi connectivity index (χ0v) is 19.2. The van der Waals surface area contributed by atoms with Gasteiger partial charge in [0.25, 0.3) is 0 Å². The van der Waals surface area contributed by atoms with Crippen molar-refractivity contribution in [3.63, 3.8) is 0 Å². The standard InChI is InChI=1S/C23H24Cl2N4O3/c1-22(2)31-17-16(29-8-6-12-20(26)27-10-28-21(12)29)13-5-7-23(13,19(17)32-22)18(30)11-3-4-14(24)15(25)9-11/h3-4,6,8-10,13,16-19,30H,5,7H2,1-2H3,(H2,26,27,28)/t13-,16-,17+,18?,19+,23-/m1/s1. The van der Waals surface area contributed by atoms with Gasteiger partial charge in [0.2, 0.25) is 0 Å². The summed E-state index contributed by atoms with van der Waals surface area (Å²) >= 11 is 12.4.